The number of rotatable bonds is 5. The predicted octanol–water partition coefficient (Wildman–Crippen LogP) is 5.10. The van der Waals surface area contributed by atoms with E-state index in [4.69, 9.17) is 11.6 Å². The van der Waals surface area contributed by atoms with Crippen LogP contribution < -0.4 is 0 Å². The Hall–Kier alpha value is -1.67. The fourth-order valence-corrected chi connectivity index (χ4v) is 2.54. The summed E-state index contributed by atoms with van der Waals surface area (Å²) in [6.07, 6.45) is 0.901. The van der Waals surface area contributed by atoms with Crippen LogP contribution >= 0.6 is 11.6 Å². The lowest BCUT2D eigenvalue weighted by Gasteiger charge is -2.08. The van der Waals surface area contributed by atoms with Crippen molar-refractivity contribution in [1.82, 2.24) is 0 Å². The van der Waals surface area contributed by atoms with Gasteiger partial charge in [0.05, 0.1) is 0 Å². The molecule has 2 aromatic rings. The maximum absolute atomic E-state index is 13.7. The van der Waals surface area contributed by atoms with Crippen molar-refractivity contribution in [2.24, 2.45) is 5.92 Å². The molecule has 0 aliphatic heterocycles. The number of halogens is 2. The summed E-state index contributed by atoms with van der Waals surface area (Å²) in [4.78, 5) is 12.3. The first-order valence-electron chi connectivity index (χ1n) is 7.02. The number of benzene rings is 2. The summed E-state index contributed by atoms with van der Waals surface area (Å²) < 4.78 is 13.7. The Labute approximate surface area is 129 Å². The molecule has 0 aliphatic rings. The number of Topliss-reactive ketones (excluding diaryl/α,β-unsaturated/α-hetero) is 1. The van der Waals surface area contributed by atoms with E-state index >= 15 is 0 Å². The number of ketones is 1. The minimum atomic E-state index is -0.436. The van der Waals surface area contributed by atoms with Crippen molar-refractivity contribution in [3.8, 4) is 0 Å². The van der Waals surface area contributed by atoms with E-state index in [0.717, 1.165) is 12.0 Å². The van der Waals surface area contributed by atoms with Crippen molar-refractivity contribution in [2.45, 2.75) is 26.7 Å². The largest absolute Gasteiger partial charge is 0.294 e. The molecule has 0 radical (unpaired) electrons. The zero-order chi connectivity index (χ0) is 15.4. The molecule has 0 heterocycles. The molecule has 2 aromatic carbocycles. The monoisotopic (exact) mass is 304 g/mol. The van der Waals surface area contributed by atoms with Crippen molar-refractivity contribution in [2.75, 3.05) is 0 Å². The van der Waals surface area contributed by atoms with Gasteiger partial charge in [0, 0.05) is 22.6 Å². The van der Waals surface area contributed by atoms with Crippen LogP contribution in [0.3, 0.4) is 0 Å². The summed E-state index contributed by atoms with van der Waals surface area (Å²) in [5.41, 5.74) is 1.99. The Morgan fingerprint density at radius 2 is 1.90 bits per heavy atom. The molecule has 1 nitrogen and oxygen atoms in total. The number of carbonyl (C=O) groups is 1. The molecule has 0 aromatic heterocycles. The minimum Gasteiger partial charge on any atom is -0.294 e. The van der Waals surface area contributed by atoms with E-state index in [2.05, 4.69) is 13.8 Å². The van der Waals surface area contributed by atoms with Crippen LogP contribution in [0.1, 0.15) is 35.3 Å². The summed E-state index contributed by atoms with van der Waals surface area (Å²) in [6.45, 7) is 4.27. The fourth-order valence-electron chi connectivity index (χ4n) is 2.31. The van der Waals surface area contributed by atoms with Gasteiger partial charge in [-0.3, -0.25) is 4.79 Å². The van der Waals surface area contributed by atoms with Gasteiger partial charge in [0.15, 0.2) is 5.78 Å². The summed E-state index contributed by atoms with van der Waals surface area (Å²) in [6, 6.07) is 12.0. The minimum absolute atomic E-state index is 0.0172. The van der Waals surface area contributed by atoms with Gasteiger partial charge in [-0.05, 0) is 36.1 Å². The average molecular weight is 305 g/mol. The normalized spacial score (nSPS) is 10.9. The predicted molar refractivity (Wildman–Crippen MR) is 84.4 cm³/mol. The third-order valence-electron chi connectivity index (χ3n) is 3.29. The molecule has 0 atom stereocenters. The first kappa shape index (κ1) is 15.7. The van der Waals surface area contributed by atoms with Crippen LogP contribution in [0.5, 0.6) is 0 Å². The zero-order valence-electron chi connectivity index (χ0n) is 12.2. The van der Waals surface area contributed by atoms with Gasteiger partial charge >= 0.3 is 0 Å². The molecule has 0 amide bonds. The molecule has 0 N–H and O–H groups in total. The highest BCUT2D eigenvalue weighted by molar-refractivity contribution is 6.31. The highest BCUT2D eigenvalue weighted by Crippen LogP contribution is 2.21. The van der Waals surface area contributed by atoms with E-state index in [1.807, 2.05) is 18.2 Å². The van der Waals surface area contributed by atoms with Crippen LogP contribution in [0.4, 0.5) is 4.39 Å². The Balaban J connectivity index is 2.21. The molecule has 3 heteroatoms. The van der Waals surface area contributed by atoms with Crippen LogP contribution in [0.15, 0.2) is 42.5 Å². The quantitative estimate of drug-likeness (QED) is 0.702. The highest BCUT2D eigenvalue weighted by atomic mass is 35.5. The maximum Gasteiger partial charge on any atom is 0.167 e. The van der Waals surface area contributed by atoms with E-state index in [9.17, 15) is 9.18 Å². The molecule has 0 fully saturated rings. The Morgan fingerprint density at radius 3 is 2.57 bits per heavy atom. The lowest BCUT2D eigenvalue weighted by molar-refractivity contribution is 0.0991. The summed E-state index contributed by atoms with van der Waals surface area (Å²) in [5, 5.41) is 0.293. The summed E-state index contributed by atoms with van der Waals surface area (Å²) >= 11 is 5.97. The van der Waals surface area contributed by atoms with E-state index in [-0.39, 0.29) is 17.8 Å². The van der Waals surface area contributed by atoms with Gasteiger partial charge < -0.3 is 0 Å². The van der Waals surface area contributed by atoms with Crippen molar-refractivity contribution in [3.05, 3.63) is 70.0 Å². The Bertz CT molecular complexity index is 629. The molecule has 0 saturated carbocycles. The molecule has 0 aliphatic carbocycles. The van der Waals surface area contributed by atoms with Crippen molar-refractivity contribution in [1.29, 1.82) is 0 Å². The third kappa shape index (κ3) is 4.15. The molecular formula is C18H18ClFO. The second-order valence-corrected chi connectivity index (χ2v) is 6.01. The molecule has 21 heavy (non-hydrogen) atoms. The standard InChI is InChI=1S/C18H18ClFO/c1-12(2)9-13-5-3-6-14(10-13)18(21)11-15-16(19)7-4-8-17(15)20/h3-8,10,12H,9,11H2,1-2H3. The average Bonchev–Trinajstić information content (AvgIpc) is 2.42. The Kier molecular flexibility index (Phi) is 5.13. The topological polar surface area (TPSA) is 17.1 Å². The molecule has 0 unspecified atom stereocenters. The van der Waals surface area contributed by atoms with E-state index < -0.39 is 5.82 Å². The molecule has 0 saturated heterocycles. The van der Waals surface area contributed by atoms with Gasteiger partial charge in [-0.1, -0.05) is 49.7 Å². The summed E-state index contributed by atoms with van der Waals surface area (Å²) in [5.74, 6) is -0.0295. The van der Waals surface area contributed by atoms with Gasteiger partial charge in [-0.2, -0.15) is 0 Å². The van der Waals surface area contributed by atoms with Gasteiger partial charge in [-0.25, -0.2) is 4.39 Å². The smallest absolute Gasteiger partial charge is 0.167 e. The lowest BCUT2D eigenvalue weighted by atomic mass is 9.97. The molecule has 2 rings (SSSR count). The van der Waals surface area contributed by atoms with Crippen LogP contribution in [-0.4, -0.2) is 5.78 Å². The Morgan fingerprint density at radius 1 is 1.19 bits per heavy atom. The van der Waals surface area contributed by atoms with E-state index in [0.29, 0.717) is 16.5 Å². The van der Waals surface area contributed by atoms with Gasteiger partial charge in [0.2, 0.25) is 0 Å². The number of carbonyl (C=O) groups excluding carboxylic acids is 1. The number of hydrogen-bond acceptors (Lipinski definition) is 1. The molecule has 0 spiro atoms. The molecular weight excluding hydrogens is 287 g/mol. The maximum atomic E-state index is 13.7. The zero-order valence-corrected chi connectivity index (χ0v) is 13.0. The lowest BCUT2D eigenvalue weighted by Crippen LogP contribution is -2.07. The van der Waals surface area contributed by atoms with Crippen LogP contribution in [-0.2, 0) is 12.8 Å². The van der Waals surface area contributed by atoms with Gasteiger partial charge in [0.1, 0.15) is 5.82 Å². The van der Waals surface area contributed by atoms with E-state index in [1.54, 1.807) is 12.1 Å². The highest BCUT2D eigenvalue weighted by Gasteiger charge is 2.14. The fraction of sp³-hybridized carbons (Fsp3) is 0.278. The van der Waals surface area contributed by atoms with Crippen LogP contribution in [0, 0.1) is 11.7 Å². The SMILES string of the molecule is CC(C)Cc1cccc(C(=O)Cc2c(F)cccc2Cl)c1. The van der Waals surface area contributed by atoms with Gasteiger partial charge in [-0.15, -0.1) is 0 Å². The van der Waals surface area contributed by atoms with Crippen LogP contribution in [0.2, 0.25) is 5.02 Å². The van der Waals surface area contributed by atoms with Crippen molar-refractivity contribution in [3.63, 3.8) is 0 Å². The van der Waals surface area contributed by atoms with Crippen LogP contribution in [0.25, 0.3) is 0 Å². The van der Waals surface area contributed by atoms with E-state index in [1.165, 1.54) is 12.1 Å². The second-order valence-electron chi connectivity index (χ2n) is 5.60. The van der Waals surface area contributed by atoms with Crippen molar-refractivity contribution < 1.29 is 9.18 Å². The summed E-state index contributed by atoms with van der Waals surface area (Å²) in [7, 11) is 0. The number of hydrogen-bond donors (Lipinski definition) is 0. The molecule has 110 valence electrons. The third-order valence-corrected chi connectivity index (χ3v) is 3.65. The molecule has 0 bridgehead atoms. The second kappa shape index (κ2) is 6.86. The van der Waals surface area contributed by atoms with Crippen molar-refractivity contribution >= 4 is 17.4 Å². The first-order chi connectivity index (χ1) is 9.97. The first-order valence-corrected chi connectivity index (χ1v) is 7.40. The van der Waals surface area contributed by atoms with Gasteiger partial charge in [0.25, 0.3) is 0 Å².